The summed E-state index contributed by atoms with van der Waals surface area (Å²) in [6.07, 6.45) is 2.35. The van der Waals surface area contributed by atoms with E-state index in [2.05, 4.69) is 10.3 Å². The first-order valence-electron chi connectivity index (χ1n) is 7.41. The van der Waals surface area contributed by atoms with Gasteiger partial charge in [-0.3, -0.25) is 4.79 Å². The molecule has 0 atom stereocenters. The number of nitrogens with one attached hydrogen (secondary N) is 1. The first-order valence-corrected chi connectivity index (χ1v) is 8.85. The summed E-state index contributed by atoms with van der Waals surface area (Å²) >= 11 is 0. The van der Waals surface area contributed by atoms with Crippen molar-refractivity contribution < 1.29 is 17.6 Å². The summed E-state index contributed by atoms with van der Waals surface area (Å²) in [7, 11) is -3.90. The van der Waals surface area contributed by atoms with E-state index in [0.29, 0.717) is 18.9 Å². The molecule has 6 nitrogen and oxygen atoms in total. The van der Waals surface area contributed by atoms with Crippen LogP contribution in [0.3, 0.4) is 0 Å². The molecule has 0 spiro atoms. The second-order valence-electron chi connectivity index (χ2n) is 5.58. The van der Waals surface area contributed by atoms with Crippen molar-refractivity contribution >= 4 is 21.7 Å². The van der Waals surface area contributed by atoms with Crippen LogP contribution < -0.4 is 5.32 Å². The van der Waals surface area contributed by atoms with Crippen molar-refractivity contribution in [3.8, 4) is 0 Å². The van der Waals surface area contributed by atoms with Gasteiger partial charge in [-0.05, 0) is 43.2 Å². The fourth-order valence-corrected chi connectivity index (χ4v) is 3.85. The van der Waals surface area contributed by atoms with E-state index >= 15 is 0 Å². The second kappa shape index (κ2) is 6.29. The maximum Gasteiger partial charge on any atom is 0.256 e. The van der Waals surface area contributed by atoms with Gasteiger partial charge in [0.25, 0.3) is 5.91 Å². The van der Waals surface area contributed by atoms with E-state index in [4.69, 9.17) is 0 Å². The monoisotopic (exact) mass is 349 g/mol. The maximum absolute atomic E-state index is 14.0. The van der Waals surface area contributed by atoms with Gasteiger partial charge in [-0.1, -0.05) is 6.07 Å². The average molecular weight is 349 g/mol. The normalized spacial score (nSPS) is 14.9. The number of carbonyl (C=O) groups is 1. The summed E-state index contributed by atoms with van der Waals surface area (Å²) in [6, 6.07) is 6.71. The van der Waals surface area contributed by atoms with Gasteiger partial charge in [-0.25, -0.2) is 17.8 Å². The Kier molecular flexibility index (Phi) is 4.33. The summed E-state index contributed by atoms with van der Waals surface area (Å²) in [5.74, 6) is -1.08. The predicted octanol–water partition coefficient (Wildman–Crippen LogP) is 2.18. The second-order valence-corrected chi connectivity index (χ2v) is 7.48. The minimum atomic E-state index is -3.90. The summed E-state index contributed by atoms with van der Waals surface area (Å²) in [5, 5.41) is 2.56. The number of sulfonamides is 1. The van der Waals surface area contributed by atoms with Gasteiger partial charge in [0.05, 0.1) is 0 Å². The number of aryl methyl sites for hydroxylation is 1. The molecule has 3 rings (SSSR count). The van der Waals surface area contributed by atoms with Crippen LogP contribution in [-0.2, 0) is 10.0 Å². The summed E-state index contributed by atoms with van der Waals surface area (Å²) < 4.78 is 39.9. The number of nitrogens with zero attached hydrogens (tertiary/aromatic N) is 2. The van der Waals surface area contributed by atoms with E-state index in [1.54, 1.807) is 18.3 Å². The minimum Gasteiger partial charge on any atom is -0.307 e. The number of pyridine rings is 1. The number of anilines is 1. The van der Waals surface area contributed by atoms with Crippen molar-refractivity contribution in [3.63, 3.8) is 0 Å². The zero-order valence-electron chi connectivity index (χ0n) is 13.0. The van der Waals surface area contributed by atoms with Crippen molar-refractivity contribution in [2.24, 2.45) is 0 Å². The van der Waals surface area contributed by atoms with Gasteiger partial charge < -0.3 is 5.32 Å². The van der Waals surface area contributed by atoms with Crippen LogP contribution in [-0.4, -0.2) is 36.7 Å². The van der Waals surface area contributed by atoms with Gasteiger partial charge in [0.2, 0.25) is 10.0 Å². The number of amides is 1. The number of aromatic nitrogens is 1. The average Bonchev–Trinajstić information content (AvgIpc) is 2.47. The Morgan fingerprint density at radius 3 is 2.58 bits per heavy atom. The zero-order valence-corrected chi connectivity index (χ0v) is 13.8. The Morgan fingerprint density at radius 1 is 1.25 bits per heavy atom. The van der Waals surface area contributed by atoms with Crippen LogP contribution in [0.2, 0.25) is 0 Å². The largest absolute Gasteiger partial charge is 0.307 e. The first kappa shape index (κ1) is 16.5. The van der Waals surface area contributed by atoms with E-state index in [0.717, 1.165) is 24.1 Å². The number of halogens is 1. The van der Waals surface area contributed by atoms with E-state index in [-0.39, 0.29) is 5.56 Å². The highest BCUT2D eigenvalue weighted by Gasteiger charge is 2.32. The zero-order chi connectivity index (χ0) is 17.3. The highest BCUT2D eigenvalue weighted by molar-refractivity contribution is 7.89. The summed E-state index contributed by atoms with van der Waals surface area (Å²) in [5.41, 5.74) is 0.996. The molecule has 126 valence electrons. The topological polar surface area (TPSA) is 79.4 Å². The molecule has 1 aliphatic rings. The lowest BCUT2D eigenvalue weighted by Crippen LogP contribution is -2.42. The molecule has 0 unspecified atom stereocenters. The molecule has 1 aromatic heterocycles. The Balaban J connectivity index is 1.87. The van der Waals surface area contributed by atoms with Crippen LogP contribution in [0.15, 0.2) is 41.4 Å². The van der Waals surface area contributed by atoms with E-state index in [9.17, 15) is 17.6 Å². The van der Waals surface area contributed by atoms with Crippen molar-refractivity contribution in [2.75, 3.05) is 18.4 Å². The molecule has 8 heteroatoms. The highest BCUT2D eigenvalue weighted by Crippen LogP contribution is 2.24. The lowest BCUT2D eigenvalue weighted by molar-refractivity contribution is 0.102. The molecule has 1 saturated heterocycles. The predicted molar refractivity (Wildman–Crippen MR) is 86.7 cm³/mol. The third kappa shape index (κ3) is 3.15. The smallest absolute Gasteiger partial charge is 0.256 e. The molecule has 2 heterocycles. The maximum atomic E-state index is 14.0. The molecule has 1 N–H and O–H groups in total. The van der Waals surface area contributed by atoms with Crippen LogP contribution in [0.5, 0.6) is 0 Å². The molecule has 1 aromatic carbocycles. The molecule has 0 saturated carbocycles. The van der Waals surface area contributed by atoms with Gasteiger partial charge in [-0.15, -0.1) is 0 Å². The summed E-state index contributed by atoms with van der Waals surface area (Å²) in [4.78, 5) is 15.8. The summed E-state index contributed by atoms with van der Waals surface area (Å²) in [6.45, 7) is 2.60. The number of benzene rings is 1. The van der Waals surface area contributed by atoms with Crippen LogP contribution in [0.25, 0.3) is 0 Å². The fraction of sp³-hybridized carbons (Fsp3) is 0.250. The number of carbonyl (C=O) groups excluding carboxylic acids is 1. The number of hydrogen-bond donors (Lipinski definition) is 1. The molecule has 1 fully saturated rings. The van der Waals surface area contributed by atoms with E-state index in [1.165, 1.54) is 10.4 Å². The Morgan fingerprint density at radius 2 is 2.00 bits per heavy atom. The van der Waals surface area contributed by atoms with Crippen molar-refractivity contribution in [1.82, 2.24) is 9.29 Å². The van der Waals surface area contributed by atoms with Gasteiger partial charge in [0, 0.05) is 24.8 Å². The Hall–Kier alpha value is -2.32. The number of hydrogen-bond acceptors (Lipinski definition) is 4. The van der Waals surface area contributed by atoms with Crippen LogP contribution >= 0.6 is 0 Å². The molecule has 24 heavy (non-hydrogen) atoms. The van der Waals surface area contributed by atoms with Crippen molar-refractivity contribution in [2.45, 2.75) is 18.2 Å². The van der Waals surface area contributed by atoms with E-state index in [1.807, 2.05) is 6.92 Å². The molecule has 0 bridgehead atoms. The lowest BCUT2D eigenvalue weighted by Gasteiger charge is -2.29. The third-order valence-electron chi connectivity index (χ3n) is 3.78. The Bertz CT molecular complexity index is 878. The van der Waals surface area contributed by atoms with Gasteiger partial charge in [0.1, 0.15) is 16.5 Å². The van der Waals surface area contributed by atoms with Gasteiger partial charge in [-0.2, -0.15) is 4.31 Å². The molecular weight excluding hydrogens is 333 g/mol. The van der Waals surface area contributed by atoms with Crippen LogP contribution in [0.4, 0.5) is 10.2 Å². The molecule has 1 aliphatic heterocycles. The molecule has 1 amide bonds. The van der Waals surface area contributed by atoms with Gasteiger partial charge >= 0.3 is 0 Å². The first-order chi connectivity index (χ1) is 11.4. The Labute approximate surface area is 139 Å². The van der Waals surface area contributed by atoms with Crippen LogP contribution in [0, 0.1) is 12.7 Å². The van der Waals surface area contributed by atoms with Gasteiger partial charge in [0.15, 0.2) is 0 Å². The molecule has 0 aliphatic carbocycles. The van der Waals surface area contributed by atoms with E-state index < -0.39 is 26.6 Å². The molecule has 0 radical (unpaired) electrons. The number of rotatable bonds is 4. The fourth-order valence-electron chi connectivity index (χ4n) is 2.24. The quantitative estimate of drug-likeness (QED) is 0.917. The standard InChI is InChI=1S/C16H16FN3O3S/c1-11-3-6-15(18-10-11)19-16(21)12-4-5-13(17)14(9-12)24(22,23)20-7-2-8-20/h3-6,9-10H,2,7-8H2,1H3,(H,18,19,21). The van der Waals surface area contributed by atoms with Crippen LogP contribution in [0.1, 0.15) is 22.3 Å². The third-order valence-corrected chi connectivity index (χ3v) is 5.69. The lowest BCUT2D eigenvalue weighted by atomic mass is 10.2. The molecular formula is C16H16FN3O3S. The van der Waals surface area contributed by atoms with Crippen molar-refractivity contribution in [1.29, 1.82) is 0 Å². The van der Waals surface area contributed by atoms with Crippen molar-refractivity contribution in [3.05, 3.63) is 53.5 Å². The minimum absolute atomic E-state index is 0.0536. The SMILES string of the molecule is Cc1ccc(NC(=O)c2ccc(F)c(S(=O)(=O)N3CCC3)c2)nc1. The molecule has 2 aromatic rings. The highest BCUT2D eigenvalue weighted by atomic mass is 32.2.